The van der Waals surface area contributed by atoms with E-state index in [0.29, 0.717) is 10.0 Å². The third-order valence-electron chi connectivity index (χ3n) is 3.73. The van der Waals surface area contributed by atoms with E-state index in [0.717, 1.165) is 26.9 Å². The number of hydrogen-bond donors (Lipinski definition) is 1. The Morgan fingerprint density at radius 1 is 1.26 bits per heavy atom. The average molecular weight is 471 g/mol. The zero-order chi connectivity index (χ0) is 19.8. The fraction of sp³-hybridized carbons (Fsp3) is 0.263. The number of halogens is 3. The van der Waals surface area contributed by atoms with Crippen LogP contribution in [-0.2, 0) is 11.3 Å². The van der Waals surface area contributed by atoms with Crippen LogP contribution in [0.5, 0.6) is 0 Å². The smallest absolute Gasteiger partial charge is 0.407 e. The summed E-state index contributed by atoms with van der Waals surface area (Å²) in [6.45, 7) is 5.73. The number of amides is 1. The Morgan fingerprint density at radius 2 is 2.00 bits per heavy atom. The van der Waals surface area contributed by atoms with Crippen LogP contribution < -0.4 is 5.32 Å². The van der Waals surface area contributed by atoms with Gasteiger partial charge in [0.05, 0.1) is 6.20 Å². The highest BCUT2D eigenvalue weighted by atomic mass is 79.9. The van der Waals surface area contributed by atoms with Crippen molar-refractivity contribution in [2.75, 3.05) is 0 Å². The highest BCUT2D eigenvalue weighted by Gasteiger charge is 2.18. The maximum atomic E-state index is 12.1. The van der Waals surface area contributed by atoms with Crippen LogP contribution in [0.3, 0.4) is 0 Å². The number of rotatable bonds is 3. The molecule has 0 aliphatic rings. The molecule has 0 fully saturated rings. The lowest BCUT2D eigenvalue weighted by Crippen LogP contribution is -2.32. The standard InChI is InChI=1S/C19H18BrCl2N3O2/c1-19(2,3)27-18(26)24-8-11-6-17-23-9-16(20)25(17)10-14(11)13-5-4-12(21)7-15(13)22/h4-7,9-10H,8H2,1-3H3,(H,24,26). The van der Waals surface area contributed by atoms with Gasteiger partial charge in [0.2, 0.25) is 0 Å². The Kier molecular flexibility index (Phi) is 5.70. The topological polar surface area (TPSA) is 55.6 Å². The van der Waals surface area contributed by atoms with Crippen LogP contribution in [0.2, 0.25) is 10.0 Å². The van der Waals surface area contributed by atoms with Gasteiger partial charge in [-0.1, -0.05) is 29.3 Å². The largest absolute Gasteiger partial charge is 0.444 e. The first kappa shape index (κ1) is 20.0. The van der Waals surface area contributed by atoms with E-state index in [1.807, 2.05) is 43.5 Å². The summed E-state index contributed by atoms with van der Waals surface area (Å²) >= 11 is 15.9. The molecule has 2 heterocycles. The minimum Gasteiger partial charge on any atom is -0.444 e. The Labute approximate surface area is 175 Å². The summed E-state index contributed by atoms with van der Waals surface area (Å²) in [6.07, 6.45) is 3.15. The number of nitrogens with one attached hydrogen (secondary N) is 1. The number of benzene rings is 1. The Bertz CT molecular complexity index is 1010. The van der Waals surface area contributed by atoms with Crippen LogP contribution in [-0.4, -0.2) is 21.1 Å². The van der Waals surface area contributed by atoms with E-state index in [9.17, 15) is 4.79 Å². The Morgan fingerprint density at radius 3 is 2.67 bits per heavy atom. The summed E-state index contributed by atoms with van der Waals surface area (Å²) in [5.41, 5.74) is 2.71. The van der Waals surface area contributed by atoms with E-state index in [4.69, 9.17) is 27.9 Å². The second-order valence-electron chi connectivity index (χ2n) is 7.00. The van der Waals surface area contributed by atoms with Crippen molar-refractivity contribution >= 4 is 50.9 Å². The lowest BCUT2D eigenvalue weighted by molar-refractivity contribution is 0.0523. The van der Waals surface area contributed by atoms with Crippen LogP contribution in [0.25, 0.3) is 16.8 Å². The zero-order valence-electron chi connectivity index (χ0n) is 15.0. The minimum absolute atomic E-state index is 0.268. The van der Waals surface area contributed by atoms with Gasteiger partial charge in [-0.15, -0.1) is 0 Å². The van der Waals surface area contributed by atoms with Gasteiger partial charge in [0.15, 0.2) is 0 Å². The molecule has 1 amide bonds. The molecule has 0 spiro atoms. The monoisotopic (exact) mass is 469 g/mol. The molecule has 27 heavy (non-hydrogen) atoms. The highest BCUT2D eigenvalue weighted by Crippen LogP contribution is 2.33. The lowest BCUT2D eigenvalue weighted by Gasteiger charge is -2.20. The maximum absolute atomic E-state index is 12.1. The number of pyridine rings is 1. The first-order valence-corrected chi connectivity index (χ1v) is 9.77. The average Bonchev–Trinajstić information content (AvgIpc) is 2.91. The molecule has 0 atom stereocenters. The zero-order valence-corrected chi connectivity index (χ0v) is 18.1. The molecule has 0 radical (unpaired) electrons. The molecule has 5 nitrogen and oxygen atoms in total. The third kappa shape index (κ3) is 4.75. The fourth-order valence-corrected chi connectivity index (χ4v) is 3.51. The van der Waals surface area contributed by atoms with E-state index in [-0.39, 0.29) is 6.54 Å². The van der Waals surface area contributed by atoms with Gasteiger partial charge in [0.1, 0.15) is 15.9 Å². The van der Waals surface area contributed by atoms with Crippen molar-refractivity contribution in [3.63, 3.8) is 0 Å². The first-order chi connectivity index (χ1) is 12.6. The van der Waals surface area contributed by atoms with E-state index in [2.05, 4.69) is 26.2 Å². The second kappa shape index (κ2) is 7.70. The van der Waals surface area contributed by atoms with Gasteiger partial charge < -0.3 is 10.1 Å². The summed E-state index contributed by atoms with van der Waals surface area (Å²) in [5, 5.41) is 3.87. The van der Waals surface area contributed by atoms with Gasteiger partial charge in [-0.05, 0) is 60.5 Å². The van der Waals surface area contributed by atoms with Crippen molar-refractivity contribution in [3.8, 4) is 11.1 Å². The summed E-state index contributed by atoms with van der Waals surface area (Å²) < 4.78 is 8.03. The number of fused-ring (bicyclic) bond motifs is 1. The van der Waals surface area contributed by atoms with Crippen LogP contribution in [0, 0.1) is 0 Å². The van der Waals surface area contributed by atoms with Crippen molar-refractivity contribution in [2.24, 2.45) is 0 Å². The number of ether oxygens (including phenoxy) is 1. The van der Waals surface area contributed by atoms with Gasteiger partial charge in [-0.25, -0.2) is 9.78 Å². The molecule has 0 unspecified atom stereocenters. The number of carbonyl (C=O) groups excluding carboxylic acids is 1. The van der Waals surface area contributed by atoms with Gasteiger partial charge in [0.25, 0.3) is 0 Å². The van der Waals surface area contributed by atoms with Gasteiger partial charge >= 0.3 is 6.09 Å². The maximum Gasteiger partial charge on any atom is 0.407 e. The van der Waals surface area contributed by atoms with Crippen LogP contribution >= 0.6 is 39.1 Å². The number of aromatic nitrogens is 2. The Balaban J connectivity index is 2.01. The number of imidazole rings is 1. The number of carbonyl (C=O) groups is 1. The first-order valence-electron chi connectivity index (χ1n) is 8.22. The molecule has 0 saturated carbocycles. The molecular weight excluding hydrogens is 453 g/mol. The fourth-order valence-electron chi connectivity index (χ4n) is 2.61. The van der Waals surface area contributed by atoms with Gasteiger partial charge in [-0.2, -0.15) is 0 Å². The normalized spacial score (nSPS) is 11.6. The minimum atomic E-state index is -0.565. The third-order valence-corrected chi connectivity index (χ3v) is 4.87. The van der Waals surface area contributed by atoms with Crippen LogP contribution in [0.15, 0.2) is 41.3 Å². The molecule has 1 aromatic carbocycles. The molecule has 8 heteroatoms. The van der Waals surface area contributed by atoms with Crippen LogP contribution in [0.1, 0.15) is 26.3 Å². The molecule has 1 N–H and O–H groups in total. The predicted molar refractivity (Wildman–Crippen MR) is 111 cm³/mol. The van der Waals surface area contributed by atoms with E-state index >= 15 is 0 Å². The van der Waals surface area contributed by atoms with Crippen molar-refractivity contribution < 1.29 is 9.53 Å². The Hall–Kier alpha value is -1.76. The predicted octanol–water partition coefficient (Wildman–Crippen LogP) is 6.10. The lowest BCUT2D eigenvalue weighted by atomic mass is 10.0. The molecule has 2 aromatic heterocycles. The second-order valence-corrected chi connectivity index (χ2v) is 8.66. The van der Waals surface area contributed by atoms with Gasteiger partial charge in [-0.3, -0.25) is 4.40 Å². The molecule has 142 valence electrons. The van der Waals surface area contributed by atoms with E-state index in [1.54, 1.807) is 18.3 Å². The molecule has 0 aliphatic heterocycles. The SMILES string of the molecule is CC(C)(C)OC(=O)NCc1cc2ncc(Br)n2cc1-c1ccc(Cl)cc1Cl. The van der Waals surface area contributed by atoms with Crippen LogP contribution in [0.4, 0.5) is 4.79 Å². The molecule has 3 aromatic rings. The summed E-state index contributed by atoms with van der Waals surface area (Å²) in [6, 6.07) is 7.23. The quantitative estimate of drug-likeness (QED) is 0.503. The van der Waals surface area contributed by atoms with E-state index < -0.39 is 11.7 Å². The van der Waals surface area contributed by atoms with Crippen molar-refractivity contribution in [3.05, 3.63) is 56.9 Å². The van der Waals surface area contributed by atoms with E-state index in [1.165, 1.54) is 0 Å². The molecule has 0 saturated heterocycles. The van der Waals surface area contributed by atoms with Crippen molar-refractivity contribution in [2.45, 2.75) is 32.9 Å². The summed E-state index contributed by atoms with van der Waals surface area (Å²) in [7, 11) is 0. The highest BCUT2D eigenvalue weighted by molar-refractivity contribution is 9.10. The number of nitrogens with zero attached hydrogens (tertiary/aromatic N) is 2. The summed E-state index contributed by atoms with van der Waals surface area (Å²) in [5.74, 6) is 0. The number of hydrogen-bond acceptors (Lipinski definition) is 3. The van der Waals surface area contributed by atoms with Crippen molar-refractivity contribution in [1.29, 1.82) is 0 Å². The van der Waals surface area contributed by atoms with Crippen molar-refractivity contribution in [1.82, 2.24) is 14.7 Å². The molecule has 0 aliphatic carbocycles. The summed E-state index contributed by atoms with van der Waals surface area (Å²) in [4.78, 5) is 16.4. The number of alkyl carbamates (subject to hydrolysis) is 1. The van der Waals surface area contributed by atoms with Gasteiger partial charge in [0, 0.05) is 33.9 Å². The molecular formula is C19H18BrCl2N3O2. The molecule has 3 rings (SSSR count). The molecule has 0 bridgehead atoms.